The first-order valence-corrected chi connectivity index (χ1v) is 6.87. The van der Waals surface area contributed by atoms with Crippen molar-refractivity contribution < 1.29 is 24.3 Å². The molecular weight excluding hydrogens is 278 g/mol. The molecule has 2 heterocycles. The van der Waals surface area contributed by atoms with Gasteiger partial charge in [-0.25, -0.2) is 4.79 Å². The summed E-state index contributed by atoms with van der Waals surface area (Å²) in [7, 11) is 0. The van der Waals surface area contributed by atoms with Crippen molar-refractivity contribution >= 4 is 23.8 Å². The van der Waals surface area contributed by atoms with Gasteiger partial charge in [-0.1, -0.05) is 0 Å². The van der Waals surface area contributed by atoms with Crippen LogP contribution in [0.25, 0.3) is 0 Å². The van der Waals surface area contributed by atoms with E-state index in [2.05, 4.69) is 5.32 Å². The fourth-order valence-electron chi connectivity index (χ4n) is 2.60. The third kappa shape index (κ3) is 2.98. The van der Waals surface area contributed by atoms with E-state index in [0.29, 0.717) is 19.4 Å². The summed E-state index contributed by atoms with van der Waals surface area (Å²) >= 11 is 0. The van der Waals surface area contributed by atoms with Crippen LogP contribution in [0, 0.1) is 5.92 Å². The van der Waals surface area contributed by atoms with Crippen molar-refractivity contribution in [1.29, 1.82) is 0 Å². The van der Waals surface area contributed by atoms with Gasteiger partial charge in [0.25, 0.3) is 5.91 Å². The Kier molecular flexibility index (Phi) is 3.89. The summed E-state index contributed by atoms with van der Waals surface area (Å²) in [5.74, 6) is -2.36. The topological polar surface area (TPSA) is 107 Å². The maximum Gasteiger partial charge on any atom is 0.325 e. The van der Waals surface area contributed by atoms with Crippen molar-refractivity contribution in [2.24, 2.45) is 5.92 Å². The van der Waals surface area contributed by atoms with Gasteiger partial charge < -0.3 is 15.3 Å². The zero-order chi connectivity index (χ0) is 15.8. The number of hydrogen-bond acceptors (Lipinski definition) is 4. The van der Waals surface area contributed by atoms with E-state index in [-0.39, 0.29) is 13.1 Å². The number of nitrogens with one attached hydrogen (secondary N) is 1. The molecule has 21 heavy (non-hydrogen) atoms. The van der Waals surface area contributed by atoms with E-state index in [0.717, 1.165) is 4.90 Å². The van der Waals surface area contributed by atoms with Crippen LogP contribution in [0.2, 0.25) is 0 Å². The van der Waals surface area contributed by atoms with Crippen molar-refractivity contribution in [3.63, 3.8) is 0 Å². The van der Waals surface area contributed by atoms with Crippen molar-refractivity contribution in [2.45, 2.75) is 32.2 Å². The molecule has 2 saturated heterocycles. The molecule has 8 nitrogen and oxygen atoms in total. The SMILES string of the molecule is CC1(C)NC(=O)N(CC(=O)N2CCC[C@H](C(=O)O)C2)C1=O. The molecule has 0 aromatic rings. The monoisotopic (exact) mass is 297 g/mol. The smallest absolute Gasteiger partial charge is 0.325 e. The molecule has 2 rings (SSSR count). The summed E-state index contributed by atoms with van der Waals surface area (Å²) in [5, 5.41) is 11.5. The Morgan fingerprint density at radius 2 is 2.05 bits per heavy atom. The maximum absolute atomic E-state index is 12.2. The molecule has 8 heteroatoms. The van der Waals surface area contributed by atoms with Crippen LogP contribution >= 0.6 is 0 Å². The molecule has 2 aliphatic rings. The molecule has 1 atom stereocenters. The first-order chi connectivity index (χ1) is 9.72. The predicted octanol–water partition coefficient (Wildman–Crippen LogP) is -0.360. The predicted molar refractivity (Wildman–Crippen MR) is 71.3 cm³/mol. The molecular formula is C13H19N3O5. The zero-order valence-electron chi connectivity index (χ0n) is 12.1. The van der Waals surface area contributed by atoms with Crippen LogP contribution in [0.1, 0.15) is 26.7 Å². The molecule has 116 valence electrons. The number of rotatable bonds is 3. The summed E-state index contributed by atoms with van der Waals surface area (Å²) in [6, 6.07) is -0.592. The van der Waals surface area contributed by atoms with Crippen molar-refractivity contribution in [3.05, 3.63) is 0 Å². The molecule has 0 bridgehead atoms. The molecule has 0 unspecified atom stereocenters. The Labute approximate surface area is 122 Å². The average molecular weight is 297 g/mol. The summed E-state index contributed by atoms with van der Waals surface area (Å²) in [6.45, 7) is 3.37. The number of carboxylic acid groups (broad SMARTS) is 1. The Morgan fingerprint density at radius 1 is 1.38 bits per heavy atom. The van der Waals surface area contributed by atoms with Crippen LogP contribution in [0.5, 0.6) is 0 Å². The summed E-state index contributed by atoms with van der Waals surface area (Å²) in [6.07, 6.45) is 1.14. The minimum absolute atomic E-state index is 0.126. The van der Waals surface area contributed by atoms with E-state index in [1.807, 2.05) is 0 Å². The zero-order valence-corrected chi connectivity index (χ0v) is 12.1. The van der Waals surface area contributed by atoms with Gasteiger partial charge in [0.2, 0.25) is 5.91 Å². The third-order valence-corrected chi connectivity index (χ3v) is 3.86. The second kappa shape index (κ2) is 5.34. The number of likely N-dealkylation sites (tertiary alicyclic amines) is 1. The number of hydrogen-bond donors (Lipinski definition) is 2. The molecule has 0 saturated carbocycles. The van der Waals surface area contributed by atoms with E-state index < -0.39 is 35.3 Å². The lowest BCUT2D eigenvalue weighted by Gasteiger charge is -2.31. The van der Waals surface area contributed by atoms with Gasteiger partial charge in [0.15, 0.2) is 0 Å². The fraction of sp³-hybridized carbons (Fsp3) is 0.692. The number of aliphatic carboxylic acids is 1. The van der Waals surface area contributed by atoms with Crippen LogP contribution in [0.3, 0.4) is 0 Å². The molecule has 2 aliphatic heterocycles. The third-order valence-electron chi connectivity index (χ3n) is 3.86. The number of carbonyl (C=O) groups excluding carboxylic acids is 3. The molecule has 2 fully saturated rings. The number of nitrogens with zero attached hydrogens (tertiary/aromatic N) is 2. The first kappa shape index (κ1) is 15.3. The largest absolute Gasteiger partial charge is 0.481 e. The standard InChI is InChI=1S/C13H19N3O5/c1-13(2)11(20)16(12(21)14-13)7-9(17)15-5-3-4-8(6-15)10(18)19/h8H,3-7H2,1-2H3,(H,14,21)(H,18,19)/t8-/m0/s1. The number of amides is 4. The number of carboxylic acids is 1. The van der Waals surface area contributed by atoms with Crippen molar-refractivity contribution in [1.82, 2.24) is 15.1 Å². The van der Waals surface area contributed by atoms with E-state index >= 15 is 0 Å². The van der Waals surface area contributed by atoms with Gasteiger partial charge in [0.05, 0.1) is 5.92 Å². The fourth-order valence-corrected chi connectivity index (χ4v) is 2.60. The Balaban J connectivity index is 2.00. The van der Waals surface area contributed by atoms with Crippen LogP contribution in [0.15, 0.2) is 0 Å². The van der Waals surface area contributed by atoms with Crippen LogP contribution in [-0.2, 0) is 14.4 Å². The lowest BCUT2D eigenvalue weighted by molar-refractivity contribution is -0.147. The number of urea groups is 1. The molecule has 0 aromatic carbocycles. The number of carbonyl (C=O) groups is 4. The Morgan fingerprint density at radius 3 is 2.57 bits per heavy atom. The van der Waals surface area contributed by atoms with Gasteiger partial charge in [0.1, 0.15) is 12.1 Å². The number of imide groups is 1. The first-order valence-electron chi connectivity index (χ1n) is 6.87. The average Bonchev–Trinajstić information content (AvgIpc) is 2.61. The molecule has 0 aliphatic carbocycles. The second-order valence-corrected chi connectivity index (χ2v) is 5.96. The minimum Gasteiger partial charge on any atom is -0.481 e. The summed E-state index contributed by atoms with van der Waals surface area (Å²) in [5.41, 5.74) is -1.01. The highest BCUT2D eigenvalue weighted by atomic mass is 16.4. The summed E-state index contributed by atoms with van der Waals surface area (Å²) < 4.78 is 0. The molecule has 0 aromatic heterocycles. The molecule has 0 spiro atoms. The molecule has 0 radical (unpaired) electrons. The normalized spacial score (nSPS) is 25.0. The van der Waals surface area contributed by atoms with Gasteiger partial charge in [0, 0.05) is 13.1 Å². The Bertz CT molecular complexity index is 502. The van der Waals surface area contributed by atoms with E-state index in [4.69, 9.17) is 5.11 Å². The highest BCUT2D eigenvalue weighted by Gasteiger charge is 2.45. The van der Waals surface area contributed by atoms with Crippen LogP contribution in [0.4, 0.5) is 4.79 Å². The Hall–Kier alpha value is -2.12. The molecule has 2 N–H and O–H groups in total. The second-order valence-electron chi connectivity index (χ2n) is 5.96. The van der Waals surface area contributed by atoms with Gasteiger partial charge >= 0.3 is 12.0 Å². The highest BCUT2D eigenvalue weighted by Crippen LogP contribution is 2.19. The van der Waals surface area contributed by atoms with Crippen LogP contribution in [-0.4, -0.2) is 63.9 Å². The molecule has 4 amide bonds. The number of piperidine rings is 1. The lowest BCUT2D eigenvalue weighted by Crippen LogP contribution is -2.48. The van der Waals surface area contributed by atoms with Crippen LogP contribution < -0.4 is 5.32 Å². The van der Waals surface area contributed by atoms with Gasteiger partial charge in [-0.3, -0.25) is 19.3 Å². The van der Waals surface area contributed by atoms with E-state index in [1.165, 1.54) is 4.90 Å². The highest BCUT2D eigenvalue weighted by molar-refractivity contribution is 6.08. The van der Waals surface area contributed by atoms with E-state index in [1.54, 1.807) is 13.8 Å². The minimum atomic E-state index is -1.01. The van der Waals surface area contributed by atoms with Gasteiger partial charge in [-0.05, 0) is 26.7 Å². The van der Waals surface area contributed by atoms with Crippen molar-refractivity contribution in [3.8, 4) is 0 Å². The van der Waals surface area contributed by atoms with Gasteiger partial charge in [-0.2, -0.15) is 0 Å². The van der Waals surface area contributed by atoms with Crippen molar-refractivity contribution in [2.75, 3.05) is 19.6 Å². The quantitative estimate of drug-likeness (QED) is 0.692. The maximum atomic E-state index is 12.2. The lowest BCUT2D eigenvalue weighted by atomic mass is 9.98. The summed E-state index contributed by atoms with van der Waals surface area (Å²) in [4.78, 5) is 49.2. The van der Waals surface area contributed by atoms with E-state index in [9.17, 15) is 19.2 Å². The van der Waals surface area contributed by atoms with Gasteiger partial charge in [-0.15, -0.1) is 0 Å².